The molecule has 0 aliphatic rings. The number of nitrogens with one attached hydrogen (secondary N) is 1. The highest BCUT2D eigenvalue weighted by Gasteiger charge is 2.21. The molecule has 1 unspecified atom stereocenters. The molecule has 2 rings (SSSR count). The summed E-state index contributed by atoms with van der Waals surface area (Å²) in [6.07, 6.45) is 0.626. The smallest absolute Gasteiger partial charge is 0.313 e. The first-order chi connectivity index (χ1) is 11.5. The molecule has 0 aromatic heterocycles. The minimum atomic E-state index is -0.375. The van der Waals surface area contributed by atoms with E-state index in [0.29, 0.717) is 6.42 Å². The van der Waals surface area contributed by atoms with Crippen molar-refractivity contribution in [3.8, 4) is 0 Å². The monoisotopic (exact) mass is 325 g/mol. The summed E-state index contributed by atoms with van der Waals surface area (Å²) in [5, 5.41) is 2.81. The van der Waals surface area contributed by atoms with Gasteiger partial charge in [0.25, 0.3) is 5.91 Å². The van der Waals surface area contributed by atoms with Gasteiger partial charge in [-0.25, -0.2) is 0 Å². The molecule has 24 heavy (non-hydrogen) atoms. The third kappa shape index (κ3) is 4.44. The van der Waals surface area contributed by atoms with E-state index < -0.39 is 0 Å². The van der Waals surface area contributed by atoms with Gasteiger partial charge in [-0.15, -0.1) is 0 Å². The number of anilines is 1. The Balaban J connectivity index is 1.94. The Kier molecular flexibility index (Phi) is 6.13. The van der Waals surface area contributed by atoms with Crippen molar-refractivity contribution in [3.63, 3.8) is 0 Å². The van der Waals surface area contributed by atoms with E-state index in [0.717, 1.165) is 22.4 Å². The lowest BCUT2D eigenvalue weighted by Crippen LogP contribution is -2.24. The van der Waals surface area contributed by atoms with Gasteiger partial charge in [0.2, 0.25) is 0 Å². The van der Waals surface area contributed by atoms with Crippen LogP contribution in [0, 0.1) is 13.8 Å². The number of carbonyl (C=O) groups is 2. The zero-order chi connectivity index (χ0) is 17.5. The van der Waals surface area contributed by atoms with Crippen LogP contribution in [0.5, 0.6) is 0 Å². The second-order valence-electron chi connectivity index (χ2n) is 5.79. The van der Waals surface area contributed by atoms with Gasteiger partial charge in [0, 0.05) is 5.69 Å². The van der Waals surface area contributed by atoms with Crippen LogP contribution in [0.4, 0.5) is 5.69 Å². The lowest BCUT2D eigenvalue weighted by molar-refractivity contribution is -0.149. The molecule has 0 saturated heterocycles. The Bertz CT molecular complexity index is 690. The van der Waals surface area contributed by atoms with Crippen molar-refractivity contribution in [2.24, 2.45) is 0 Å². The average molecular weight is 325 g/mol. The summed E-state index contributed by atoms with van der Waals surface area (Å²) in [5.74, 6) is -1.05. The Hall–Kier alpha value is -2.62. The van der Waals surface area contributed by atoms with Gasteiger partial charge in [0.05, 0.1) is 5.92 Å². The summed E-state index contributed by atoms with van der Waals surface area (Å²) in [6.45, 7) is 5.50. The van der Waals surface area contributed by atoms with E-state index in [1.807, 2.05) is 69.3 Å². The maximum absolute atomic E-state index is 12.3. The number of aryl methyl sites for hydroxylation is 2. The maximum Gasteiger partial charge on any atom is 0.313 e. The molecular weight excluding hydrogens is 302 g/mol. The number of amides is 1. The van der Waals surface area contributed by atoms with Crippen LogP contribution in [0.15, 0.2) is 48.5 Å². The van der Waals surface area contributed by atoms with Gasteiger partial charge in [0.1, 0.15) is 0 Å². The number of esters is 1. The molecule has 2 aromatic carbocycles. The molecule has 2 aromatic rings. The van der Waals surface area contributed by atoms with Crippen LogP contribution in [0.1, 0.15) is 36.0 Å². The lowest BCUT2D eigenvalue weighted by Gasteiger charge is -2.15. The van der Waals surface area contributed by atoms with Crippen molar-refractivity contribution in [2.75, 3.05) is 11.9 Å². The zero-order valence-corrected chi connectivity index (χ0v) is 14.3. The number of ether oxygens (including phenoxy) is 1. The van der Waals surface area contributed by atoms with E-state index in [2.05, 4.69) is 5.32 Å². The van der Waals surface area contributed by atoms with Crippen LogP contribution < -0.4 is 5.32 Å². The molecule has 1 atom stereocenters. The molecule has 0 heterocycles. The molecule has 1 amide bonds. The standard InChI is InChI=1S/C20H23NO3/c1-4-17(16-11-6-5-7-12-16)20(23)24-13-18(22)21-19-14(2)9-8-10-15(19)3/h5-12,17H,4,13H2,1-3H3,(H,21,22). The molecule has 0 bridgehead atoms. The minimum absolute atomic E-state index is 0.282. The Morgan fingerprint density at radius 2 is 1.62 bits per heavy atom. The van der Waals surface area contributed by atoms with E-state index in [1.165, 1.54) is 0 Å². The second kappa shape index (κ2) is 8.29. The first kappa shape index (κ1) is 17.7. The number of carbonyl (C=O) groups excluding carboxylic acids is 2. The second-order valence-corrected chi connectivity index (χ2v) is 5.79. The summed E-state index contributed by atoms with van der Waals surface area (Å²) in [6, 6.07) is 15.3. The molecule has 0 aliphatic carbocycles. The number of hydrogen-bond acceptors (Lipinski definition) is 3. The minimum Gasteiger partial charge on any atom is -0.455 e. The van der Waals surface area contributed by atoms with Crippen LogP contribution in [-0.2, 0) is 14.3 Å². The number of para-hydroxylation sites is 1. The molecule has 4 heteroatoms. The predicted molar refractivity (Wildman–Crippen MR) is 95.0 cm³/mol. The third-order valence-corrected chi connectivity index (χ3v) is 3.99. The topological polar surface area (TPSA) is 55.4 Å². The van der Waals surface area contributed by atoms with Gasteiger partial charge < -0.3 is 10.1 Å². The van der Waals surface area contributed by atoms with Crippen molar-refractivity contribution in [3.05, 3.63) is 65.2 Å². The SMILES string of the molecule is CCC(C(=O)OCC(=O)Nc1c(C)cccc1C)c1ccccc1. The molecule has 4 nitrogen and oxygen atoms in total. The Morgan fingerprint density at radius 3 is 2.21 bits per heavy atom. The van der Waals surface area contributed by atoms with Crippen molar-refractivity contribution >= 4 is 17.6 Å². The summed E-state index contributed by atoms with van der Waals surface area (Å²) >= 11 is 0. The molecule has 0 saturated carbocycles. The Morgan fingerprint density at radius 1 is 1.00 bits per heavy atom. The van der Waals surface area contributed by atoms with E-state index in [-0.39, 0.29) is 24.4 Å². The van der Waals surface area contributed by atoms with Gasteiger partial charge in [-0.1, -0.05) is 55.5 Å². The molecule has 0 aliphatic heterocycles. The summed E-state index contributed by atoms with van der Waals surface area (Å²) in [7, 11) is 0. The highest BCUT2D eigenvalue weighted by Crippen LogP contribution is 2.21. The van der Waals surface area contributed by atoms with E-state index in [4.69, 9.17) is 4.74 Å². The highest BCUT2D eigenvalue weighted by molar-refractivity contribution is 5.94. The van der Waals surface area contributed by atoms with Crippen molar-refractivity contribution in [1.82, 2.24) is 0 Å². The molecule has 126 valence electrons. The van der Waals surface area contributed by atoms with Gasteiger partial charge in [-0.3, -0.25) is 9.59 Å². The van der Waals surface area contributed by atoms with Crippen LogP contribution >= 0.6 is 0 Å². The normalized spacial score (nSPS) is 11.6. The number of benzene rings is 2. The van der Waals surface area contributed by atoms with Gasteiger partial charge in [0.15, 0.2) is 6.61 Å². The number of hydrogen-bond donors (Lipinski definition) is 1. The average Bonchev–Trinajstić information content (AvgIpc) is 2.58. The van der Waals surface area contributed by atoms with Crippen LogP contribution in [0.3, 0.4) is 0 Å². The van der Waals surface area contributed by atoms with Crippen LogP contribution in [-0.4, -0.2) is 18.5 Å². The summed E-state index contributed by atoms with van der Waals surface area (Å²) in [4.78, 5) is 24.3. The molecule has 0 radical (unpaired) electrons. The number of rotatable bonds is 6. The highest BCUT2D eigenvalue weighted by atomic mass is 16.5. The summed E-state index contributed by atoms with van der Waals surface area (Å²) < 4.78 is 5.21. The third-order valence-electron chi connectivity index (χ3n) is 3.99. The fraction of sp³-hybridized carbons (Fsp3) is 0.300. The molecular formula is C20H23NO3. The van der Waals surface area contributed by atoms with Gasteiger partial charge in [-0.2, -0.15) is 0 Å². The van der Waals surface area contributed by atoms with E-state index in [9.17, 15) is 9.59 Å². The van der Waals surface area contributed by atoms with Gasteiger partial charge >= 0.3 is 5.97 Å². The fourth-order valence-electron chi connectivity index (χ4n) is 2.65. The quantitative estimate of drug-likeness (QED) is 0.817. The maximum atomic E-state index is 12.3. The molecule has 0 spiro atoms. The zero-order valence-electron chi connectivity index (χ0n) is 14.3. The van der Waals surface area contributed by atoms with Gasteiger partial charge in [-0.05, 0) is 37.0 Å². The van der Waals surface area contributed by atoms with Crippen LogP contribution in [0.25, 0.3) is 0 Å². The molecule has 1 N–H and O–H groups in total. The Labute approximate surface area is 142 Å². The van der Waals surface area contributed by atoms with E-state index >= 15 is 0 Å². The predicted octanol–water partition coefficient (Wildman–Crippen LogP) is 3.98. The van der Waals surface area contributed by atoms with Crippen LogP contribution in [0.2, 0.25) is 0 Å². The first-order valence-corrected chi connectivity index (χ1v) is 8.10. The molecule has 0 fully saturated rings. The van der Waals surface area contributed by atoms with Crippen molar-refractivity contribution in [2.45, 2.75) is 33.1 Å². The van der Waals surface area contributed by atoms with E-state index in [1.54, 1.807) is 0 Å². The first-order valence-electron chi connectivity index (χ1n) is 8.10. The summed E-state index contributed by atoms with van der Waals surface area (Å²) in [5.41, 5.74) is 3.63. The van der Waals surface area contributed by atoms with Crippen molar-refractivity contribution in [1.29, 1.82) is 0 Å². The largest absolute Gasteiger partial charge is 0.455 e. The lowest BCUT2D eigenvalue weighted by atomic mass is 9.97. The van der Waals surface area contributed by atoms with Crippen molar-refractivity contribution < 1.29 is 14.3 Å². The fourth-order valence-corrected chi connectivity index (χ4v) is 2.65.